The number of rotatable bonds is 3. The van der Waals surface area contributed by atoms with Crippen LogP contribution in [0.4, 0.5) is 16.2 Å². The normalized spacial score (nSPS) is 24.8. The van der Waals surface area contributed by atoms with Gasteiger partial charge >= 0.3 is 6.03 Å². The van der Waals surface area contributed by atoms with Crippen LogP contribution in [0, 0.1) is 0 Å². The predicted octanol–water partition coefficient (Wildman–Crippen LogP) is 3.96. The number of halogens is 1. The third-order valence-corrected chi connectivity index (χ3v) is 5.16. The summed E-state index contributed by atoms with van der Waals surface area (Å²) in [7, 11) is 0. The van der Waals surface area contributed by atoms with E-state index in [1.165, 1.54) is 0 Å². The smallest absolute Gasteiger partial charge is 0.323 e. The summed E-state index contributed by atoms with van der Waals surface area (Å²) in [6.45, 7) is 1.62. The minimum absolute atomic E-state index is 0.223. The SMILES string of the molecule is O=C(Nc1ccc(Cl)cc1)Nc1ccc([C@@]23CC[C@@H](CO2)NC3)cc1. The molecule has 2 atom stereocenters. The second-order valence-electron chi connectivity index (χ2n) is 6.59. The topological polar surface area (TPSA) is 62.4 Å². The lowest BCUT2D eigenvalue weighted by Gasteiger charge is -2.47. The summed E-state index contributed by atoms with van der Waals surface area (Å²) >= 11 is 5.84. The third kappa shape index (κ3) is 3.49. The van der Waals surface area contributed by atoms with Crippen molar-refractivity contribution < 1.29 is 9.53 Å². The molecule has 2 amide bonds. The van der Waals surface area contributed by atoms with E-state index in [1.807, 2.05) is 24.3 Å². The van der Waals surface area contributed by atoms with Crippen molar-refractivity contribution >= 4 is 29.0 Å². The summed E-state index contributed by atoms with van der Waals surface area (Å²) in [6.07, 6.45) is 2.18. The first-order chi connectivity index (χ1) is 12.1. The summed E-state index contributed by atoms with van der Waals surface area (Å²) in [5.41, 5.74) is 2.36. The lowest BCUT2D eigenvalue weighted by molar-refractivity contribution is -0.129. The molecule has 0 spiro atoms. The molecule has 3 heterocycles. The first-order valence-corrected chi connectivity index (χ1v) is 8.82. The molecule has 2 aromatic rings. The van der Waals surface area contributed by atoms with Gasteiger partial charge in [0.05, 0.1) is 6.61 Å². The number of benzene rings is 2. The van der Waals surface area contributed by atoms with Gasteiger partial charge in [0.25, 0.3) is 0 Å². The van der Waals surface area contributed by atoms with Gasteiger partial charge in [-0.1, -0.05) is 23.7 Å². The highest BCUT2D eigenvalue weighted by Gasteiger charge is 2.42. The van der Waals surface area contributed by atoms with Gasteiger partial charge in [-0.25, -0.2) is 4.79 Å². The third-order valence-electron chi connectivity index (χ3n) is 4.90. The lowest BCUT2D eigenvalue weighted by Crippen LogP contribution is -2.57. The Morgan fingerprint density at radius 1 is 1.08 bits per heavy atom. The van der Waals surface area contributed by atoms with E-state index in [1.54, 1.807) is 24.3 Å². The van der Waals surface area contributed by atoms with Crippen molar-refractivity contribution in [2.24, 2.45) is 0 Å². The van der Waals surface area contributed by atoms with Crippen LogP contribution in [0.5, 0.6) is 0 Å². The van der Waals surface area contributed by atoms with Crippen molar-refractivity contribution in [3.63, 3.8) is 0 Å². The second kappa shape index (κ2) is 6.67. The standard InChI is InChI=1S/C19H20ClN3O2/c20-14-3-7-16(8-4-14)23-18(24)22-15-5-1-13(2-6-15)19-10-9-17(11-25-19)21-12-19/h1-8,17,21H,9-12H2,(H2,22,23,24)/t17-,19-/m0/s1. The molecule has 3 saturated heterocycles. The Bertz CT molecular complexity index is 739. The maximum Gasteiger partial charge on any atom is 0.323 e. The molecular formula is C19H20ClN3O2. The number of nitrogens with one attached hydrogen (secondary N) is 3. The van der Waals surface area contributed by atoms with Crippen LogP contribution in [-0.4, -0.2) is 25.2 Å². The largest absolute Gasteiger partial charge is 0.367 e. The number of carbonyl (C=O) groups is 1. The number of anilines is 2. The second-order valence-corrected chi connectivity index (χ2v) is 7.02. The molecule has 0 aliphatic carbocycles. The highest BCUT2D eigenvalue weighted by molar-refractivity contribution is 6.30. The van der Waals surface area contributed by atoms with Crippen LogP contribution in [0.25, 0.3) is 0 Å². The van der Waals surface area contributed by atoms with E-state index in [0.717, 1.165) is 37.2 Å². The van der Waals surface area contributed by atoms with Gasteiger partial charge in [0.15, 0.2) is 0 Å². The number of morpholine rings is 1. The molecule has 25 heavy (non-hydrogen) atoms. The number of piperidine rings is 1. The predicted molar refractivity (Wildman–Crippen MR) is 99.2 cm³/mol. The Labute approximate surface area is 151 Å². The van der Waals surface area contributed by atoms with E-state index in [0.29, 0.717) is 16.8 Å². The molecule has 5 nitrogen and oxygen atoms in total. The van der Waals surface area contributed by atoms with Crippen molar-refractivity contribution in [3.8, 4) is 0 Å². The molecule has 3 fully saturated rings. The Hall–Kier alpha value is -2.08. The van der Waals surface area contributed by atoms with E-state index in [2.05, 4.69) is 16.0 Å². The maximum absolute atomic E-state index is 12.1. The van der Waals surface area contributed by atoms with E-state index < -0.39 is 0 Å². The molecule has 5 rings (SSSR count). The molecule has 3 N–H and O–H groups in total. The number of amides is 2. The minimum atomic E-state index is -0.288. The molecule has 2 aromatic carbocycles. The Morgan fingerprint density at radius 3 is 2.24 bits per heavy atom. The molecule has 130 valence electrons. The summed E-state index contributed by atoms with van der Waals surface area (Å²) in [5, 5.41) is 9.77. The number of carbonyl (C=O) groups excluding carboxylic acids is 1. The van der Waals surface area contributed by atoms with E-state index in [4.69, 9.17) is 16.3 Å². The number of fused-ring (bicyclic) bond motifs is 3. The minimum Gasteiger partial charge on any atom is -0.367 e. The van der Waals surface area contributed by atoms with Crippen LogP contribution < -0.4 is 16.0 Å². The van der Waals surface area contributed by atoms with E-state index in [-0.39, 0.29) is 11.6 Å². The van der Waals surface area contributed by atoms with Gasteiger partial charge in [-0.05, 0) is 54.8 Å². The van der Waals surface area contributed by atoms with Crippen LogP contribution in [0.1, 0.15) is 18.4 Å². The van der Waals surface area contributed by atoms with Gasteiger partial charge in [-0.15, -0.1) is 0 Å². The van der Waals surface area contributed by atoms with Crippen molar-refractivity contribution in [1.82, 2.24) is 5.32 Å². The van der Waals surface area contributed by atoms with Gasteiger partial charge in [0.1, 0.15) is 5.60 Å². The van der Waals surface area contributed by atoms with Crippen molar-refractivity contribution in [2.75, 3.05) is 23.8 Å². The molecule has 3 aliphatic heterocycles. The Balaban J connectivity index is 1.40. The number of urea groups is 1. The molecule has 0 aromatic heterocycles. The van der Waals surface area contributed by atoms with Crippen molar-refractivity contribution in [3.05, 3.63) is 59.1 Å². The fraction of sp³-hybridized carbons (Fsp3) is 0.316. The van der Waals surface area contributed by atoms with Crippen LogP contribution in [0.2, 0.25) is 5.02 Å². The van der Waals surface area contributed by atoms with Crippen LogP contribution >= 0.6 is 11.6 Å². The monoisotopic (exact) mass is 357 g/mol. The first-order valence-electron chi connectivity index (χ1n) is 8.44. The van der Waals surface area contributed by atoms with Gasteiger partial charge in [0, 0.05) is 29.0 Å². The molecule has 2 bridgehead atoms. The van der Waals surface area contributed by atoms with Crippen LogP contribution in [-0.2, 0) is 10.3 Å². The quantitative estimate of drug-likeness (QED) is 0.779. The van der Waals surface area contributed by atoms with Crippen molar-refractivity contribution in [2.45, 2.75) is 24.5 Å². The Kier molecular flexibility index (Phi) is 4.37. The van der Waals surface area contributed by atoms with E-state index in [9.17, 15) is 4.79 Å². The molecule has 0 unspecified atom stereocenters. The average Bonchev–Trinajstić information content (AvgIpc) is 2.66. The zero-order valence-corrected chi connectivity index (χ0v) is 14.5. The summed E-state index contributed by atoms with van der Waals surface area (Å²) < 4.78 is 6.09. The molecule has 0 saturated carbocycles. The van der Waals surface area contributed by atoms with Gasteiger partial charge in [-0.2, -0.15) is 0 Å². The lowest BCUT2D eigenvalue weighted by atomic mass is 9.81. The maximum atomic E-state index is 12.1. The zero-order chi connectivity index (χ0) is 17.3. The van der Waals surface area contributed by atoms with Crippen LogP contribution in [0.3, 0.4) is 0 Å². The Morgan fingerprint density at radius 2 is 1.72 bits per heavy atom. The average molecular weight is 358 g/mol. The molecular weight excluding hydrogens is 338 g/mol. The number of hydrogen-bond donors (Lipinski definition) is 3. The van der Waals surface area contributed by atoms with Gasteiger partial charge < -0.3 is 20.7 Å². The zero-order valence-electron chi connectivity index (χ0n) is 13.7. The van der Waals surface area contributed by atoms with E-state index >= 15 is 0 Å². The number of ether oxygens (including phenoxy) is 1. The van der Waals surface area contributed by atoms with Gasteiger partial charge in [-0.3, -0.25) is 0 Å². The summed E-state index contributed by atoms with van der Waals surface area (Å²) in [5.74, 6) is 0. The fourth-order valence-electron chi connectivity index (χ4n) is 3.45. The fourth-order valence-corrected chi connectivity index (χ4v) is 3.57. The molecule has 6 heteroatoms. The first kappa shape index (κ1) is 16.4. The van der Waals surface area contributed by atoms with Crippen molar-refractivity contribution in [1.29, 1.82) is 0 Å². The summed E-state index contributed by atoms with van der Waals surface area (Å²) in [4.78, 5) is 12.1. The molecule has 0 radical (unpaired) electrons. The highest BCUT2D eigenvalue weighted by Crippen LogP contribution is 2.38. The van der Waals surface area contributed by atoms with Crippen LogP contribution in [0.15, 0.2) is 48.5 Å². The molecule has 3 aliphatic rings. The highest BCUT2D eigenvalue weighted by atomic mass is 35.5. The number of hydrogen-bond acceptors (Lipinski definition) is 3. The summed E-state index contributed by atoms with van der Waals surface area (Å²) in [6, 6.07) is 15.1. The van der Waals surface area contributed by atoms with Gasteiger partial charge in [0.2, 0.25) is 0 Å².